The fraction of sp³-hybridized carbons (Fsp3) is 0.571. The van der Waals surface area contributed by atoms with Gasteiger partial charge in [0, 0.05) is 5.92 Å². The summed E-state index contributed by atoms with van der Waals surface area (Å²) >= 11 is 0. The van der Waals surface area contributed by atoms with Crippen molar-refractivity contribution < 1.29 is 14.4 Å². The monoisotopic (exact) mass is 290 g/mol. The molecule has 7 heteroatoms. The van der Waals surface area contributed by atoms with Gasteiger partial charge in [-0.15, -0.1) is 0 Å². The van der Waals surface area contributed by atoms with Crippen molar-refractivity contribution in [1.82, 2.24) is 20.1 Å². The Bertz CT molecular complexity index is 649. The summed E-state index contributed by atoms with van der Waals surface area (Å²) in [5.41, 5.74) is 0.537. The molecule has 2 aromatic rings. The van der Waals surface area contributed by atoms with E-state index in [1.165, 1.54) is 6.33 Å². The van der Waals surface area contributed by atoms with E-state index in [-0.39, 0.29) is 23.2 Å². The normalized spacial score (nSPS) is 18.8. The SMILES string of the molecule is CC1(C)CCC(c2noc(-c3[nH]cnc3C(=O)O)n2)CC1. The Morgan fingerprint density at radius 2 is 2.14 bits per heavy atom. The van der Waals surface area contributed by atoms with Gasteiger partial charge in [-0.2, -0.15) is 4.98 Å². The van der Waals surface area contributed by atoms with Crippen molar-refractivity contribution in [3.05, 3.63) is 17.8 Å². The fourth-order valence-electron chi connectivity index (χ4n) is 2.78. The minimum atomic E-state index is -1.12. The molecule has 0 amide bonds. The quantitative estimate of drug-likeness (QED) is 0.900. The third-order valence-electron chi connectivity index (χ3n) is 4.20. The van der Waals surface area contributed by atoms with E-state index >= 15 is 0 Å². The highest BCUT2D eigenvalue weighted by Crippen LogP contribution is 2.41. The van der Waals surface area contributed by atoms with Gasteiger partial charge in [-0.3, -0.25) is 0 Å². The van der Waals surface area contributed by atoms with Crippen molar-refractivity contribution in [1.29, 1.82) is 0 Å². The van der Waals surface area contributed by atoms with Gasteiger partial charge < -0.3 is 14.6 Å². The molecule has 1 aliphatic carbocycles. The molecule has 2 aromatic heterocycles. The molecule has 0 aromatic carbocycles. The number of carboxylic acids is 1. The molecule has 0 bridgehead atoms. The minimum Gasteiger partial charge on any atom is -0.476 e. The molecule has 112 valence electrons. The minimum absolute atomic E-state index is 0.102. The fourth-order valence-corrected chi connectivity index (χ4v) is 2.78. The van der Waals surface area contributed by atoms with E-state index in [9.17, 15) is 4.79 Å². The van der Waals surface area contributed by atoms with E-state index in [2.05, 4.69) is 34.0 Å². The molecule has 7 nitrogen and oxygen atoms in total. The second-order valence-corrected chi connectivity index (χ2v) is 6.33. The van der Waals surface area contributed by atoms with E-state index < -0.39 is 5.97 Å². The highest BCUT2D eigenvalue weighted by atomic mass is 16.5. The van der Waals surface area contributed by atoms with Crippen LogP contribution in [0.15, 0.2) is 10.9 Å². The number of carbonyl (C=O) groups is 1. The highest BCUT2D eigenvalue weighted by molar-refractivity contribution is 5.91. The van der Waals surface area contributed by atoms with Crippen molar-refractivity contribution in [2.24, 2.45) is 5.41 Å². The summed E-state index contributed by atoms with van der Waals surface area (Å²) in [5.74, 6) is 0.00770. The predicted octanol–water partition coefficient (Wildman–Crippen LogP) is 2.84. The molecule has 1 aliphatic rings. The van der Waals surface area contributed by atoms with Crippen LogP contribution in [0.4, 0.5) is 0 Å². The number of nitrogens with one attached hydrogen (secondary N) is 1. The highest BCUT2D eigenvalue weighted by Gasteiger charge is 2.31. The maximum absolute atomic E-state index is 11.1. The number of hydrogen-bond acceptors (Lipinski definition) is 5. The number of aromatic amines is 1. The molecular formula is C14H18N4O3. The topological polar surface area (TPSA) is 105 Å². The van der Waals surface area contributed by atoms with Gasteiger partial charge in [0.25, 0.3) is 5.89 Å². The van der Waals surface area contributed by atoms with Gasteiger partial charge in [0.05, 0.1) is 6.33 Å². The molecule has 2 heterocycles. The largest absolute Gasteiger partial charge is 0.476 e. The summed E-state index contributed by atoms with van der Waals surface area (Å²) in [6.45, 7) is 4.54. The molecule has 0 unspecified atom stereocenters. The first-order valence-corrected chi connectivity index (χ1v) is 7.07. The number of nitrogens with zero attached hydrogens (tertiary/aromatic N) is 3. The molecule has 0 radical (unpaired) electrons. The smallest absolute Gasteiger partial charge is 0.356 e. The first-order chi connectivity index (χ1) is 9.96. The van der Waals surface area contributed by atoms with Crippen LogP contribution in [-0.4, -0.2) is 31.2 Å². The molecule has 0 spiro atoms. The van der Waals surface area contributed by atoms with Crippen LogP contribution < -0.4 is 0 Å². The van der Waals surface area contributed by atoms with Gasteiger partial charge in [0.1, 0.15) is 5.69 Å². The Balaban J connectivity index is 1.81. The van der Waals surface area contributed by atoms with Crippen LogP contribution in [-0.2, 0) is 0 Å². The molecule has 0 aliphatic heterocycles. The summed E-state index contributed by atoms with van der Waals surface area (Å²) in [6.07, 6.45) is 5.63. The van der Waals surface area contributed by atoms with E-state index in [0.29, 0.717) is 11.2 Å². The van der Waals surface area contributed by atoms with Crippen molar-refractivity contribution in [2.75, 3.05) is 0 Å². The number of H-pyrrole nitrogens is 1. The first kappa shape index (κ1) is 13.8. The lowest BCUT2D eigenvalue weighted by Crippen LogP contribution is -2.20. The van der Waals surface area contributed by atoms with Crippen LogP contribution >= 0.6 is 0 Å². The summed E-state index contributed by atoms with van der Waals surface area (Å²) in [6, 6.07) is 0. The second-order valence-electron chi connectivity index (χ2n) is 6.33. The Morgan fingerprint density at radius 3 is 2.81 bits per heavy atom. The number of aromatic nitrogens is 4. The van der Waals surface area contributed by atoms with Crippen LogP contribution in [0.25, 0.3) is 11.6 Å². The molecular weight excluding hydrogens is 272 g/mol. The van der Waals surface area contributed by atoms with Crippen LogP contribution in [0.2, 0.25) is 0 Å². The zero-order chi connectivity index (χ0) is 15.0. The summed E-state index contributed by atoms with van der Waals surface area (Å²) in [5, 5.41) is 13.1. The van der Waals surface area contributed by atoms with Gasteiger partial charge in [0.2, 0.25) is 0 Å². The molecule has 1 fully saturated rings. The molecule has 21 heavy (non-hydrogen) atoms. The van der Waals surface area contributed by atoms with Gasteiger partial charge in [-0.1, -0.05) is 19.0 Å². The van der Waals surface area contributed by atoms with Crippen LogP contribution in [0.3, 0.4) is 0 Å². The molecule has 0 atom stereocenters. The number of rotatable bonds is 3. The maximum Gasteiger partial charge on any atom is 0.356 e. The van der Waals surface area contributed by atoms with Gasteiger partial charge in [0.15, 0.2) is 11.5 Å². The summed E-state index contributed by atoms with van der Waals surface area (Å²) in [4.78, 5) is 21.9. The number of hydrogen-bond donors (Lipinski definition) is 2. The third kappa shape index (κ3) is 2.68. The second kappa shape index (κ2) is 4.98. The van der Waals surface area contributed by atoms with E-state index in [1.54, 1.807) is 0 Å². The standard InChI is InChI=1S/C14H18N4O3/c1-14(2)5-3-8(4-6-14)11-17-12(21-18-11)9-10(13(19)20)16-7-15-9/h7-8H,3-6H2,1-2H3,(H,15,16)(H,19,20). The molecule has 2 N–H and O–H groups in total. The lowest BCUT2D eigenvalue weighted by Gasteiger charge is -2.32. The van der Waals surface area contributed by atoms with Gasteiger partial charge in [-0.25, -0.2) is 9.78 Å². The van der Waals surface area contributed by atoms with Crippen LogP contribution in [0.5, 0.6) is 0 Å². The third-order valence-corrected chi connectivity index (χ3v) is 4.20. The Kier molecular flexibility index (Phi) is 3.27. The van der Waals surface area contributed by atoms with Crippen molar-refractivity contribution in [3.8, 4) is 11.6 Å². The van der Waals surface area contributed by atoms with Crippen molar-refractivity contribution >= 4 is 5.97 Å². The number of carboxylic acid groups (broad SMARTS) is 1. The molecule has 0 saturated heterocycles. The lowest BCUT2D eigenvalue weighted by molar-refractivity contribution is 0.0691. The maximum atomic E-state index is 11.1. The Morgan fingerprint density at radius 1 is 1.43 bits per heavy atom. The molecule has 1 saturated carbocycles. The van der Waals surface area contributed by atoms with E-state index in [0.717, 1.165) is 25.7 Å². The van der Waals surface area contributed by atoms with E-state index in [1.807, 2.05) is 0 Å². The average molecular weight is 290 g/mol. The summed E-state index contributed by atoms with van der Waals surface area (Å²) in [7, 11) is 0. The molecule has 3 rings (SSSR count). The first-order valence-electron chi connectivity index (χ1n) is 7.07. The van der Waals surface area contributed by atoms with Crippen molar-refractivity contribution in [2.45, 2.75) is 45.4 Å². The number of imidazole rings is 1. The lowest BCUT2D eigenvalue weighted by atomic mass is 9.73. The van der Waals surface area contributed by atoms with Crippen LogP contribution in [0.1, 0.15) is 61.8 Å². The summed E-state index contributed by atoms with van der Waals surface area (Å²) < 4.78 is 5.21. The zero-order valence-electron chi connectivity index (χ0n) is 12.1. The van der Waals surface area contributed by atoms with E-state index in [4.69, 9.17) is 9.63 Å². The average Bonchev–Trinajstić information content (AvgIpc) is 3.07. The number of aromatic carboxylic acids is 1. The Labute approximate surface area is 121 Å². The van der Waals surface area contributed by atoms with Crippen molar-refractivity contribution in [3.63, 3.8) is 0 Å². The van der Waals surface area contributed by atoms with Gasteiger partial charge in [-0.05, 0) is 31.1 Å². The Hall–Kier alpha value is -2.18. The van der Waals surface area contributed by atoms with Gasteiger partial charge >= 0.3 is 5.97 Å². The predicted molar refractivity (Wildman–Crippen MR) is 73.8 cm³/mol. The van der Waals surface area contributed by atoms with Crippen LogP contribution in [0, 0.1) is 5.41 Å². The zero-order valence-corrected chi connectivity index (χ0v) is 12.1.